The Hall–Kier alpha value is -1.67. The van der Waals surface area contributed by atoms with E-state index in [4.69, 9.17) is 5.11 Å². The summed E-state index contributed by atoms with van der Waals surface area (Å²) in [5.41, 5.74) is 2.00. The minimum Gasteiger partial charge on any atom is -0.396 e. The van der Waals surface area contributed by atoms with Crippen molar-refractivity contribution >= 4 is 6.08 Å². The van der Waals surface area contributed by atoms with E-state index in [2.05, 4.69) is 13.2 Å². The van der Waals surface area contributed by atoms with Gasteiger partial charge in [0.15, 0.2) is 0 Å². The summed E-state index contributed by atoms with van der Waals surface area (Å²) < 4.78 is 12.6. The maximum absolute atomic E-state index is 12.6. The molecule has 0 aliphatic heterocycles. The van der Waals surface area contributed by atoms with Crippen molar-refractivity contribution in [3.63, 3.8) is 0 Å². The number of hydrogen-bond acceptors (Lipinski definition) is 1. The van der Waals surface area contributed by atoms with Gasteiger partial charge in [-0.2, -0.15) is 0 Å². The second kappa shape index (κ2) is 10.5. The van der Waals surface area contributed by atoms with Gasteiger partial charge in [0.05, 0.1) is 0 Å². The molecule has 98 valence electrons. The van der Waals surface area contributed by atoms with E-state index in [1.54, 1.807) is 24.3 Å². The first-order valence-electron chi connectivity index (χ1n) is 5.94. The Morgan fingerprint density at radius 1 is 1.28 bits per heavy atom. The quantitative estimate of drug-likeness (QED) is 0.606. The van der Waals surface area contributed by atoms with Crippen molar-refractivity contribution in [1.29, 1.82) is 0 Å². The molecule has 0 unspecified atom stereocenters. The van der Waals surface area contributed by atoms with E-state index in [1.807, 2.05) is 13.0 Å². The molecule has 0 saturated heterocycles. The van der Waals surface area contributed by atoms with Crippen molar-refractivity contribution < 1.29 is 9.50 Å². The smallest absolute Gasteiger partial charge is 0.123 e. The minimum atomic E-state index is -0.234. The normalized spacial score (nSPS) is 10.3. The molecule has 0 fully saturated rings. The summed E-state index contributed by atoms with van der Waals surface area (Å²) in [6, 6.07) is 6.30. The SMILES string of the molecule is C=C/C(=C/c1ccc(F)cc1)CCCO.C=CC. The molecule has 1 N–H and O–H groups in total. The summed E-state index contributed by atoms with van der Waals surface area (Å²) in [6.07, 6.45) is 6.97. The molecule has 0 heterocycles. The topological polar surface area (TPSA) is 20.2 Å². The maximum atomic E-state index is 12.6. The van der Waals surface area contributed by atoms with E-state index in [0.29, 0.717) is 0 Å². The summed E-state index contributed by atoms with van der Waals surface area (Å²) >= 11 is 0. The monoisotopic (exact) mass is 248 g/mol. The third kappa shape index (κ3) is 7.58. The van der Waals surface area contributed by atoms with Crippen LogP contribution in [0.1, 0.15) is 25.3 Å². The van der Waals surface area contributed by atoms with Gasteiger partial charge in [0.25, 0.3) is 0 Å². The van der Waals surface area contributed by atoms with Crippen LogP contribution in [-0.2, 0) is 0 Å². The standard InChI is InChI=1S/C13H15FO.C3H6/c1-2-11(4-3-9-15)10-12-5-7-13(14)8-6-12;1-3-2/h2,5-8,10,15H,1,3-4,9H2;3H,1H2,2H3/b11-10-;. The Morgan fingerprint density at radius 3 is 2.28 bits per heavy atom. The van der Waals surface area contributed by atoms with Crippen LogP contribution in [0.4, 0.5) is 4.39 Å². The fourth-order valence-electron chi connectivity index (χ4n) is 1.29. The number of rotatable bonds is 5. The molecule has 0 spiro atoms. The van der Waals surface area contributed by atoms with Gasteiger partial charge in [-0.1, -0.05) is 36.9 Å². The highest BCUT2D eigenvalue weighted by Gasteiger charge is 1.94. The van der Waals surface area contributed by atoms with Gasteiger partial charge < -0.3 is 5.11 Å². The zero-order valence-electron chi connectivity index (χ0n) is 10.9. The molecular formula is C16H21FO. The van der Waals surface area contributed by atoms with E-state index >= 15 is 0 Å². The van der Waals surface area contributed by atoms with Gasteiger partial charge in [-0.05, 0) is 43.0 Å². The van der Waals surface area contributed by atoms with Gasteiger partial charge in [0, 0.05) is 6.61 Å². The van der Waals surface area contributed by atoms with E-state index in [-0.39, 0.29) is 12.4 Å². The lowest BCUT2D eigenvalue weighted by atomic mass is 10.1. The van der Waals surface area contributed by atoms with E-state index in [1.165, 1.54) is 12.1 Å². The highest BCUT2D eigenvalue weighted by molar-refractivity contribution is 5.55. The Bertz CT molecular complexity index is 377. The zero-order chi connectivity index (χ0) is 13.8. The van der Waals surface area contributed by atoms with Crippen molar-refractivity contribution in [2.24, 2.45) is 0 Å². The molecular weight excluding hydrogens is 227 g/mol. The van der Waals surface area contributed by atoms with Crippen LogP contribution in [0.3, 0.4) is 0 Å². The number of allylic oxidation sites excluding steroid dienone is 3. The highest BCUT2D eigenvalue weighted by atomic mass is 19.1. The van der Waals surface area contributed by atoms with Crippen LogP contribution in [0.15, 0.2) is 55.1 Å². The minimum absolute atomic E-state index is 0.175. The fourth-order valence-corrected chi connectivity index (χ4v) is 1.29. The molecule has 1 aromatic rings. The van der Waals surface area contributed by atoms with E-state index < -0.39 is 0 Å². The number of halogens is 1. The molecule has 1 nitrogen and oxygen atoms in total. The van der Waals surface area contributed by atoms with Crippen LogP contribution in [0.2, 0.25) is 0 Å². The molecule has 0 bridgehead atoms. The van der Waals surface area contributed by atoms with Gasteiger partial charge >= 0.3 is 0 Å². The van der Waals surface area contributed by atoms with Crippen molar-refractivity contribution in [3.05, 3.63) is 66.5 Å². The van der Waals surface area contributed by atoms with Gasteiger partial charge in [0.2, 0.25) is 0 Å². The van der Waals surface area contributed by atoms with E-state index in [9.17, 15) is 4.39 Å². The lowest BCUT2D eigenvalue weighted by molar-refractivity contribution is 0.289. The van der Waals surface area contributed by atoms with Gasteiger partial charge in [-0.3, -0.25) is 0 Å². The first-order valence-corrected chi connectivity index (χ1v) is 5.94. The van der Waals surface area contributed by atoms with Crippen LogP contribution >= 0.6 is 0 Å². The Labute approximate surface area is 109 Å². The maximum Gasteiger partial charge on any atom is 0.123 e. The predicted octanol–water partition coefficient (Wildman–Crippen LogP) is 4.36. The number of aliphatic hydroxyl groups excluding tert-OH is 1. The molecule has 0 atom stereocenters. The fraction of sp³-hybridized carbons (Fsp3) is 0.250. The Morgan fingerprint density at radius 2 is 1.83 bits per heavy atom. The summed E-state index contributed by atoms with van der Waals surface area (Å²) in [5, 5.41) is 8.70. The molecule has 0 aliphatic rings. The first kappa shape index (κ1) is 16.3. The van der Waals surface area contributed by atoms with Crippen molar-refractivity contribution in [3.8, 4) is 0 Å². The largest absolute Gasteiger partial charge is 0.396 e. The first-order chi connectivity index (χ1) is 8.67. The van der Waals surface area contributed by atoms with Gasteiger partial charge in [0.1, 0.15) is 5.82 Å². The Kier molecular flexibility index (Phi) is 9.51. The summed E-state index contributed by atoms with van der Waals surface area (Å²) in [4.78, 5) is 0. The molecule has 0 aliphatic carbocycles. The molecule has 0 saturated carbocycles. The van der Waals surface area contributed by atoms with Crippen LogP contribution in [-0.4, -0.2) is 11.7 Å². The second-order valence-corrected chi connectivity index (χ2v) is 3.71. The van der Waals surface area contributed by atoms with Crippen LogP contribution < -0.4 is 0 Å². The van der Waals surface area contributed by atoms with Crippen LogP contribution in [0, 0.1) is 5.82 Å². The third-order valence-corrected chi connectivity index (χ3v) is 2.11. The lowest BCUT2D eigenvalue weighted by Crippen LogP contribution is -1.85. The zero-order valence-corrected chi connectivity index (χ0v) is 10.9. The summed E-state index contributed by atoms with van der Waals surface area (Å²) in [7, 11) is 0. The van der Waals surface area contributed by atoms with Crippen molar-refractivity contribution in [2.45, 2.75) is 19.8 Å². The van der Waals surface area contributed by atoms with Crippen LogP contribution in [0.5, 0.6) is 0 Å². The van der Waals surface area contributed by atoms with Crippen molar-refractivity contribution in [2.75, 3.05) is 6.61 Å². The van der Waals surface area contributed by atoms with Crippen molar-refractivity contribution in [1.82, 2.24) is 0 Å². The van der Waals surface area contributed by atoms with Gasteiger partial charge in [-0.15, -0.1) is 6.58 Å². The summed E-state index contributed by atoms with van der Waals surface area (Å²) in [6.45, 7) is 9.13. The third-order valence-electron chi connectivity index (χ3n) is 2.11. The second-order valence-electron chi connectivity index (χ2n) is 3.71. The number of hydrogen-bond donors (Lipinski definition) is 1. The molecule has 0 radical (unpaired) electrons. The number of benzene rings is 1. The number of aliphatic hydroxyl groups is 1. The Balaban J connectivity index is 0.000000873. The molecule has 1 rings (SSSR count). The highest BCUT2D eigenvalue weighted by Crippen LogP contribution is 2.13. The lowest BCUT2D eigenvalue weighted by Gasteiger charge is -2.00. The molecule has 1 aromatic carbocycles. The molecule has 18 heavy (non-hydrogen) atoms. The average molecular weight is 248 g/mol. The van der Waals surface area contributed by atoms with E-state index in [0.717, 1.165) is 24.0 Å². The average Bonchev–Trinajstić information content (AvgIpc) is 2.38. The molecule has 0 amide bonds. The molecule has 0 aromatic heterocycles. The molecule has 2 heteroatoms. The predicted molar refractivity (Wildman–Crippen MR) is 76.8 cm³/mol. The summed E-state index contributed by atoms with van der Waals surface area (Å²) in [5.74, 6) is -0.234. The van der Waals surface area contributed by atoms with Crippen LogP contribution in [0.25, 0.3) is 6.08 Å². The van der Waals surface area contributed by atoms with Gasteiger partial charge in [-0.25, -0.2) is 4.39 Å².